The maximum atomic E-state index is 13.1. The summed E-state index contributed by atoms with van der Waals surface area (Å²) in [4.78, 5) is 18.4. The van der Waals surface area contributed by atoms with Crippen LogP contribution in [0.4, 0.5) is 0 Å². The molecule has 0 bridgehead atoms. The summed E-state index contributed by atoms with van der Waals surface area (Å²) in [6.45, 7) is 1.20. The molecule has 29 heavy (non-hydrogen) atoms. The molecule has 4 aromatic rings. The fraction of sp³-hybridized carbons (Fsp3) is 0.182. The summed E-state index contributed by atoms with van der Waals surface area (Å²) in [5, 5.41) is 6.26. The number of nitrogens with zero attached hydrogens (tertiary/aromatic N) is 3. The Kier molecular flexibility index (Phi) is 4.28. The zero-order valence-electron chi connectivity index (χ0n) is 15.9. The molecule has 2 aromatic heterocycles. The van der Waals surface area contributed by atoms with Crippen LogP contribution < -0.4 is 4.74 Å². The Balaban J connectivity index is 1.40. The van der Waals surface area contributed by atoms with Gasteiger partial charge in [-0.15, -0.1) is 0 Å². The van der Waals surface area contributed by atoms with Crippen molar-refractivity contribution in [1.29, 1.82) is 0 Å². The Hall–Kier alpha value is -3.25. The van der Waals surface area contributed by atoms with E-state index in [0.29, 0.717) is 23.8 Å². The Morgan fingerprint density at radius 2 is 2.00 bits per heavy atom. The summed E-state index contributed by atoms with van der Waals surface area (Å²) >= 11 is 6.18. The van der Waals surface area contributed by atoms with Gasteiger partial charge in [0.2, 0.25) is 0 Å². The molecule has 1 amide bonds. The summed E-state index contributed by atoms with van der Waals surface area (Å²) in [5.74, 6) is 0.708. The fourth-order valence-electron chi connectivity index (χ4n) is 3.84. The van der Waals surface area contributed by atoms with Crippen LogP contribution in [0.5, 0.6) is 5.75 Å². The molecule has 0 saturated heterocycles. The number of hydrogen-bond donors (Lipinski definition) is 1. The van der Waals surface area contributed by atoms with E-state index in [-0.39, 0.29) is 5.91 Å². The second-order valence-corrected chi connectivity index (χ2v) is 7.53. The normalized spacial score (nSPS) is 13.5. The first-order valence-electron chi connectivity index (χ1n) is 9.41. The number of aromatic amines is 1. The minimum Gasteiger partial charge on any atom is -0.497 e. The van der Waals surface area contributed by atoms with Crippen molar-refractivity contribution in [3.63, 3.8) is 0 Å². The predicted molar refractivity (Wildman–Crippen MR) is 112 cm³/mol. The molecule has 1 aliphatic heterocycles. The van der Waals surface area contributed by atoms with Crippen LogP contribution in [-0.2, 0) is 13.0 Å². The molecule has 0 unspecified atom stereocenters. The van der Waals surface area contributed by atoms with Gasteiger partial charge < -0.3 is 14.6 Å². The van der Waals surface area contributed by atoms with Crippen LogP contribution in [0.15, 0.2) is 54.7 Å². The highest BCUT2D eigenvalue weighted by Gasteiger charge is 2.26. The summed E-state index contributed by atoms with van der Waals surface area (Å²) in [6, 6.07) is 15.1. The van der Waals surface area contributed by atoms with Crippen LogP contribution in [0.1, 0.15) is 21.7 Å². The van der Waals surface area contributed by atoms with Gasteiger partial charge in [-0.3, -0.25) is 4.79 Å². The van der Waals surface area contributed by atoms with Crippen LogP contribution >= 0.6 is 11.6 Å². The number of carbonyl (C=O) groups is 1. The first-order chi connectivity index (χ1) is 14.1. The highest BCUT2D eigenvalue weighted by Crippen LogP contribution is 2.30. The summed E-state index contributed by atoms with van der Waals surface area (Å²) in [5.41, 5.74) is 4.67. The molecule has 7 heteroatoms. The van der Waals surface area contributed by atoms with E-state index in [9.17, 15) is 4.79 Å². The van der Waals surface area contributed by atoms with Crippen molar-refractivity contribution >= 4 is 28.4 Å². The van der Waals surface area contributed by atoms with Gasteiger partial charge in [0.15, 0.2) is 5.69 Å². The molecule has 0 spiro atoms. The van der Waals surface area contributed by atoms with E-state index in [1.54, 1.807) is 24.1 Å². The van der Waals surface area contributed by atoms with E-state index in [4.69, 9.17) is 16.3 Å². The number of aromatic nitrogens is 3. The maximum absolute atomic E-state index is 13.1. The molecular formula is C22H19ClN4O2. The number of halogens is 1. The minimum atomic E-state index is -0.0701. The Morgan fingerprint density at radius 3 is 2.79 bits per heavy atom. The Labute approximate surface area is 172 Å². The van der Waals surface area contributed by atoms with E-state index in [2.05, 4.69) is 10.1 Å². The number of amides is 1. The van der Waals surface area contributed by atoms with Gasteiger partial charge in [-0.1, -0.05) is 11.6 Å². The van der Waals surface area contributed by atoms with E-state index in [1.807, 2.05) is 47.4 Å². The molecule has 0 aliphatic carbocycles. The second kappa shape index (κ2) is 6.97. The van der Waals surface area contributed by atoms with Crippen LogP contribution in [0.3, 0.4) is 0 Å². The number of fused-ring (bicyclic) bond motifs is 3. The van der Waals surface area contributed by atoms with E-state index in [1.165, 1.54) is 5.69 Å². The lowest BCUT2D eigenvalue weighted by atomic mass is 10.0. The van der Waals surface area contributed by atoms with Gasteiger partial charge in [-0.25, -0.2) is 4.68 Å². The number of H-pyrrole nitrogens is 1. The molecule has 146 valence electrons. The molecule has 2 aromatic carbocycles. The minimum absolute atomic E-state index is 0.0701. The van der Waals surface area contributed by atoms with Gasteiger partial charge in [0.1, 0.15) is 5.75 Å². The molecule has 0 saturated carbocycles. The van der Waals surface area contributed by atoms with Crippen LogP contribution in [0.25, 0.3) is 16.6 Å². The average molecular weight is 407 g/mol. The lowest BCUT2D eigenvalue weighted by Gasteiger charge is -2.26. The number of hydrogen-bond acceptors (Lipinski definition) is 3. The number of carbonyl (C=O) groups excluding carboxylic acids is 1. The number of rotatable bonds is 3. The monoisotopic (exact) mass is 406 g/mol. The van der Waals surface area contributed by atoms with Crippen molar-refractivity contribution < 1.29 is 9.53 Å². The third-order valence-electron chi connectivity index (χ3n) is 5.37. The van der Waals surface area contributed by atoms with E-state index < -0.39 is 0 Å². The van der Waals surface area contributed by atoms with Crippen molar-refractivity contribution in [2.75, 3.05) is 13.7 Å². The standard InChI is InChI=1S/C22H19ClN4O2/c1-29-16-5-3-15(4-6-16)27-11-9-21(25-27)22(28)26-10-8-20-18(13-26)17-12-14(23)2-7-19(17)24-20/h2-7,9,11-12,24H,8,10,13H2,1H3. The molecule has 1 N–H and O–H groups in total. The quantitative estimate of drug-likeness (QED) is 0.554. The molecule has 0 fully saturated rings. The predicted octanol–water partition coefficient (Wildman–Crippen LogP) is 4.21. The number of benzene rings is 2. The maximum Gasteiger partial charge on any atom is 0.274 e. The lowest BCUT2D eigenvalue weighted by Crippen LogP contribution is -2.36. The van der Waals surface area contributed by atoms with Crippen LogP contribution in [-0.4, -0.2) is 39.2 Å². The molecule has 5 rings (SSSR count). The highest BCUT2D eigenvalue weighted by molar-refractivity contribution is 6.31. The fourth-order valence-corrected chi connectivity index (χ4v) is 4.01. The zero-order chi connectivity index (χ0) is 20.0. The number of methoxy groups -OCH3 is 1. The molecule has 0 atom stereocenters. The second-order valence-electron chi connectivity index (χ2n) is 7.09. The largest absolute Gasteiger partial charge is 0.497 e. The van der Waals surface area contributed by atoms with E-state index in [0.717, 1.165) is 34.3 Å². The number of ether oxygens (including phenoxy) is 1. The Bertz CT molecular complexity index is 1210. The average Bonchev–Trinajstić information content (AvgIpc) is 3.38. The highest BCUT2D eigenvalue weighted by atomic mass is 35.5. The van der Waals surface area contributed by atoms with E-state index >= 15 is 0 Å². The molecular weight excluding hydrogens is 388 g/mol. The number of nitrogens with one attached hydrogen (secondary N) is 1. The third-order valence-corrected chi connectivity index (χ3v) is 5.60. The van der Waals surface area contributed by atoms with Gasteiger partial charge in [0.05, 0.1) is 12.8 Å². The third kappa shape index (κ3) is 3.15. The SMILES string of the molecule is COc1ccc(-n2ccc(C(=O)N3CCc4[nH]c5ccc(Cl)cc5c4C3)n2)cc1. The van der Waals surface area contributed by atoms with Gasteiger partial charge in [-0.05, 0) is 48.5 Å². The molecule has 3 heterocycles. The first kappa shape index (κ1) is 17.8. The van der Waals surface area contributed by atoms with Crippen molar-refractivity contribution in [3.8, 4) is 11.4 Å². The van der Waals surface area contributed by atoms with Crippen LogP contribution in [0.2, 0.25) is 5.02 Å². The molecule has 6 nitrogen and oxygen atoms in total. The Morgan fingerprint density at radius 1 is 1.17 bits per heavy atom. The summed E-state index contributed by atoms with van der Waals surface area (Å²) in [6.07, 6.45) is 2.59. The van der Waals surface area contributed by atoms with Crippen molar-refractivity contribution in [1.82, 2.24) is 19.7 Å². The zero-order valence-corrected chi connectivity index (χ0v) is 16.6. The smallest absolute Gasteiger partial charge is 0.274 e. The first-order valence-corrected chi connectivity index (χ1v) is 9.78. The lowest BCUT2D eigenvalue weighted by molar-refractivity contribution is 0.0728. The summed E-state index contributed by atoms with van der Waals surface area (Å²) in [7, 11) is 1.63. The van der Waals surface area contributed by atoms with Crippen molar-refractivity contribution in [2.24, 2.45) is 0 Å². The van der Waals surface area contributed by atoms with Gasteiger partial charge >= 0.3 is 0 Å². The van der Waals surface area contributed by atoms with Crippen LogP contribution in [0, 0.1) is 0 Å². The molecule has 1 aliphatic rings. The van der Waals surface area contributed by atoms with Gasteiger partial charge in [0.25, 0.3) is 5.91 Å². The van der Waals surface area contributed by atoms with Crippen molar-refractivity contribution in [2.45, 2.75) is 13.0 Å². The topological polar surface area (TPSA) is 63.1 Å². The van der Waals surface area contributed by atoms with Crippen molar-refractivity contribution in [3.05, 3.63) is 76.7 Å². The van der Waals surface area contributed by atoms with Gasteiger partial charge in [-0.2, -0.15) is 5.10 Å². The summed E-state index contributed by atoms with van der Waals surface area (Å²) < 4.78 is 6.89. The van der Waals surface area contributed by atoms with Gasteiger partial charge in [0, 0.05) is 52.9 Å². The molecule has 0 radical (unpaired) electrons.